The molecule has 0 spiro atoms. The Labute approximate surface area is 166 Å². The standard InChI is InChI=1S/C21H20F2N4O2/c1-11-24-27-19(29-11)28-10-21-8-7-13(20(21,2)3)12-9-16(25-26-18(12)21)17-14(22)5-4-6-15(17)23/h4-6,9,13H,7-8,10H2,1-3H3/t13-,21-/m0/s1. The van der Waals surface area contributed by atoms with E-state index in [-0.39, 0.29) is 34.1 Å². The van der Waals surface area contributed by atoms with Crippen molar-refractivity contribution in [1.82, 2.24) is 20.4 Å². The van der Waals surface area contributed by atoms with Crippen molar-refractivity contribution in [3.05, 3.63) is 53.0 Å². The van der Waals surface area contributed by atoms with Gasteiger partial charge in [0, 0.05) is 6.92 Å². The third-order valence-electron chi connectivity index (χ3n) is 6.78. The molecule has 2 aromatic heterocycles. The molecule has 1 fully saturated rings. The lowest BCUT2D eigenvalue weighted by atomic mass is 9.69. The molecule has 8 heteroatoms. The number of nitrogens with zero attached hydrogens (tertiary/aromatic N) is 4. The van der Waals surface area contributed by atoms with Gasteiger partial charge in [0.1, 0.15) is 18.2 Å². The Hall–Kier alpha value is -2.90. The molecule has 0 aliphatic heterocycles. The molecule has 6 nitrogen and oxygen atoms in total. The van der Waals surface area contributed by atoms with E-state index in [1.807, 2.05) is 0 Å². The molecule has 0 unspecified atom stereocenters. The van der Waals surface area contributed by atoms with Crippen molar-refractivity contribution in [2.45, 2.75) is 44.9 Å². The van der Waals surface area contributed by atoms with Gasteiger partial charge in [0.15, 0.2) is 0 Å². The maximum atomic E-state index is 14.3. The fraction of sp³-hybridized carbons (Fsp3) is 0.429. The van der Waals surface area contributed by atoms with E-state index >= 15 is 0 Å². The molecular weight excluding hydrogens is 378 g/mol. The molecule has 0 saturated heterocycles. The highest BCUT2D eigenvalue weighted by molar-refractivity contribution is 5.63. The zero-order valence-electron chi connectivity index (χ0n) is 16.4. The first-order valence-electron chi connectivity index (χ1n) is 9.59. The van der Waals surface area contributed by atoms with Gasteiger partial charge >= 0.3 is 6.08 Å². The Morgan fingerprint density at radius 3 is 2.59 bits per heavy atom. The fourth-order valence-electron chi connectivity index (χ4n) is 5.13. The number of fused-ring (bicyclic) bond motifs is 5. The lowest BCUT2D eigenvalue weighted by Gasteiger charge is -2.36. The maximum Gasteiger partial charge on any atom is 0.414 e. The molecule has 2 aliphatic carbocycles. The van der Waals surface area contributed by atoms with Gasteiger partial charge in [0.25, 0.3) is 0 Å². The van der Waals surface area contributed by atoms with Gasteiger partial charge in [0.2, 0.25) is 5.89 Å². The van der Waals surface area contributed by atoms with Crippen molar-refractivity contribution in [3.63, 3.8) is 0 Å². The van der Waals surface area contributed by atoms with Gasteiger partial charge in [-0.15, -0.1) is 10.2 Å². The molecule has 2 atom stereocenters. The number of ether oxygens (including phenoxy) is 1. The van der Waals surface area contributed by atoms with E-state index in [1.165, 1.54) is 18.2 Å². The minimum Gasteiger partial charge on any atom is -0.448 e. The maximum absolute atomic E-state index is 14.3. The van der Waals surface area contributed by atoms with E-state index in [2.05, 4.69) is 34.2 Å². The largest absolute Gasteiger partial charge is 0.448 e. The molecular formula is C21H20F2N4O2. The molecule has 2 aliphatic rings. The summed E-state index contributed by atoms with van der Waals surface area (Å²) < 4.78 is 39.7. The predicted molar refractivity (Wildman–Crippen MR) is 99.3 cm³/mol. The van der Waals surface area contributed by atoms with E-state index in [0.29, 0.717) is 12.5 Å². The molecule has 29 heavy (non-hydrogen) atoms. The summed E-state index contributed by atoms with van der Waals surface area (Å²) in [5.74, 6) is -0.656. The predicted octanol–water partition coefficient (Wildman–Crippen LogP) is 4.35. The summed E-state index contributed by atoms with van der Waals surface area (Å²) in [5.41, 5.74) is 1.34. The molecule has 3 aromatic rings. The molecule has 0 radical (unpaired) electrons. The van der Waals surface area contributed by atoms with Crippen LogP contribution in [0.3, 0.4) is 0 Å². The minimum atomic E-state index is -0.647. The Morgan fingerprint density at radius 1 is 1.14 bits per heavy atom. The van der Waals surface area contributed by atoms with Crippen molar-refractivity contribution >= 4 is 0 Å². The number of halogens is 2. The summed E-state index contributed by atoms with van der Waals surface area (Å²) in [6, 6.07) is 5.58. The van der Waals surface area contributed by atoms with Gasteiger partial charge in [-0.1, -0.05) is 25.0 Å². The van der Waals surface area contributed by atoms with Crippen LogP contribution in [0, 0.1) is 24.0 Å². The van der Waals surface area contributed by atoms with Crippen LogP contribution in [-0.4, -0.2) is 27.0 Å². The third-order valence-corrected chi connectivity index (χ3v) is 6.78. The Morgan fingerprint density at radius 2 is 1.90 bits per heavy atom. The smallest absolute Gasteiger partial charge is 0.414 e. The van der Waals surface area contributed by atoms with Gasteiger partial charge < -0.3 is 9.15 Å². The highest BCUT2D eigenvalue weighted by Gasteiger charge is 2.64. The summed E-state index contributed by atoms with van der Waals surface area (Å²) >= 11 is 0. The van der Waals surface area contributed by atoms with Crippen LogP contribution < -0.4 is 4.74 Å². The molecule has 1 aromatic carbocycles. The van der Waals surface area contributed by atoms with Crippen molar-refractivity contribution in [2.24, 2.45) is 5.41 Å². The quantitative estimate of drug-likeness (QED) is 0.651. The molecule has 2 heterocycles. The number of rotatable bonds is 4. The average molecular weight is 398 g/mol. The van der Waals surface area contributed by atoms with E-state index in [4.69, 9.17) is 9.15 Å². The summed E-state index contributed by atoms with van der Waals surface area (Å²) in [7, 11) is 0. The van der Waals surface area contributed by atoms with E-state index in [1.54, 1.807) is 13.0 Å². The monoisotopic (exact) mass is 398 g/mol. The number of aromatic nitrogens is 4. The number of aryl methyl sites for hydroxylation is 1. The van der Waals surface area contributed by atoms with E-state index in [9.17, 15) is 8.78 Å². The number of hydrogen-bond acceptors (Lipinski definition) is 6. The Balaban J connectivity index is 1.56. The number of hydrogen-bond donors (Lipinski definition) is 0. The second kappa shape index (κ2) is 6.05. The first-order chi connectivity index (χ1) is 13.8. The molecule has 0 amide bonds. The van der Waals surface area contributed by atoms with Crippen molar-refractivity contribution in [1.29, 1.82) is 0 Å². The van der Waals surface area contributed by atoms with Crippen molar-refractivity contribution in [2.75, 3.05) is 6.61 Å². The minimum absolute atomic E-state index is 0.127. The van der Waals surface area contributed by atoms with Crippen molar-refractivity contribution < 1.29 is 17.9 Å². The van der Waals surface area contributed by atoms with Gasteiger partial charge in [-0.05, 0) is 47.9 Å². The molecule has 0 N–H and O–H groups in total. The summed E-state index contributed by atoms with van der Waals surface area (Å²) in [4.78, 5) is 0. The molecule has 5 rings (SSSR count). The topological polar surface area (TPSA) is 73.9 Å². The second-order valence-electron chi connectivity index (χ2n) is 8.40. The first-order valence-corrected chi connectivity index (χ1v) is 9.59. The van der Waals surface area contributed by atoms with Crippen LogP contribution in [0.4, 0.5) is 8.78 Å². The summed E-state index contributed by atoms with van der Waals surface area (Å²) in [5, 5.41) is 16.3. The highest BCUT2D eigenvalue weighted by Crippen LogP contribution is 2.67. The van der Waals surface area contributed by atoms with Gasteiger partial charge in [-0.3, -0.25) is 0 Å². The Bertz CT molecular complexity index is 1090. The van der Waals surface area contributed by atoms with E-state index < -0.39 is 11.6 Å². The zero-order chi connectivity index (χ0) is 20.4. The van der Waals surface area contributed by atoms with Crippen molar-refractivity contribution in [3.8, 4) is 17.3 Å². The van der Waals surface area contributed by atoms with Gasteiger partial charge in [0.05, 0.1) is 22.4 Å². The van der Waals surface area contributed by atoms with Crippen LogP contribution in [0.25, 0.3) is 11.3 Å². The zero-order valence-corrected chi connectivity index (χ0v) is 16.4. The Kier molecular flexibility index (Phi) is 3.78. The van der Waals surface area contributed by atoms with Crippen LogP contribution in [0.1, 0.15) is 49.8 Å². The van der Waals surface area contributed by atoms with Gasteiger partial charge in [-0.25, -0.2) is 8.78 Å². The fourth-order valence-corrected chi connectivity index (χ4v) is 5.13. The molecule has 2 bridgehead atoms. The highest BCUT2D eigenvalue weighted by atomic mass is 19.1. The lowest BCUT2D eigenvalue weighted by Crippen LogP contribution is -2.41. The normalized spacial score (nSPS) is 24.0. The summed E-state index contributed by atoms with van der Waals surface area (Å²) in [6.45, 7) is 6.39. The van der Waals surface area contributed by atoms with Crippen LogP contribution in [0.2, 0.25) is 0 Å². The lowest BCUT2D eigenvalue weighted by molar-refractivity contribution is 0.0982. The van der Waals surface area contributed by atoms with E-state index in [0.717, 1.165) is 24.1 Å². The number of benzene rings is 1. The summed E-state index contributed by atoms with van der Waals surface area (Å²) in [6.07, 6.45) is 1.95. The van der Waals surface area contributed by atoms with Crippen LogP contribution in [0.5, 0.6) is 6.08 Å². The van der Waals surface area contributed by atoms with Gasteiger partial charge in [-0.2, -0.15) is 5.10 Å². The first kappa shape index (κ1) is 18.1. The van der Waals surface area contributed by atoms with Crippen LogP contribution in [-0.2, 0) is 5.41 Å². The second-order valence-corrected chi connectivity index (χ2v) is 8.40. The van der Waals surface area contributed by atoms with Crippen LogP contribution >= 0.6 is 0 Å². The molecule has 150 valence electrons. The molecule has 1 saturated carbocycles. The third kappa shape index (κ3) is 2.44. The van der Waals surface area contributed by atoms with Crippen LogP contribution in [0.15, 0.2) is 28.7 Å². The SMILES string of the molecule is Cc1nnc(OC[C@@]23CC[C@@H](c4cc(-c5c(F)cccc5F)nnc42)C3(C)C)o1. The average Bonchev–Trinajstić information content (AvgIpc) is 3.26.